The Hall–Kier alpha value is -1.51. The highest BCUT2D eigenvalue weighted by Crippen LogP contribution is 2.44. The van der Waals surface area contributed by atoms with Crippen LogP contribution in [0.1, 0.15) is 51.5 Å². The number of nitrogen functional groups attached to an aromatic ring is 1. The molecule has 1 aliphatic carbocycles. The first-order valence-corrected chi connectivity index (χ1v) is 7.61. The highest BCUT2D eigenvalue weighted by atomic mass is 16.2. The van der Waals surface area contributed by atoms with E-state index in [0.717, 1.165) is 43.4 Å². The summed E-state index contributed by atoms with van der Waals surface area (Å²) >= 11 is 0. The van der Waals surface area contributed by atoms with Crippen LogP contribution in [0.15, 0.2) is 18.2 Å². The lowest BCUT2D eigenvalue weighted by Gasteiger charge is -2.30. The van der Waals surface area contributed by atoms with E-state index in [0.29, 0.717) is 11.6 Å². The zero-order valence-electron chi connectivity index (χ0n) is 12.8. The van der Waals surface area contributed by atoms with Gasteiger partial charge in [-0.3, -0.25) is 4.79 Å². The maximum atomic E-state index is 12.8. The quantitative estimate of drug-likeness (QED) is 0.811. The SMILES string of the molecule is Cc1cccc(N)c1NC(=O)C1(CC(C)C)CCCC1. The van der Waals surface area contributed by atoms with Crippen molar-refractivity contribution in [2.75, 3.05) is 11.1 Å². The summed E-state index contributed by atoms with van der Waals surface area (Å²) in [4.78, 5) is 12.8. The molecule has 1 aliphatic rings. The average Bonchev–Trinajstić information content (AvgIpc) is 2.82. The van der Waals surface area contributed by atoms with Crippen LogP contribution < -0.4 is 11.1 Å². The van der Waals surface area contributed by atoms with E-state index in [1.165, 1.54) is 0 Å². The second-order valence-corrected chi connectivity index (χ2v) is 6.58. The zero-order chi connectivity index (χ0) is 14.8. The molecule has 110 valence electrons. The molecule has 3 nitrogen and oxygen atoms in total. The number of carbonyl (C=O) groups is 1. The molecule has 3 heteroatoms. The summed E-state index contributed by atoms with van der Waals surface area (Å²) in [7, 11) is 0. The van der Waals surface area contributed by atoms with Crippen molar-refractivity contribution in [2.24, 2.45) is 11.3 Å². The number of nitrogens with one attached hydrogen (secondary N) is 1. The Balaban J connectivity index is 2.21. The molecular formula is C17H26N2O. The third-order valence-electron chi connectivity index (χ3n) is 4.38. The van der Waals surface area contributed by atoms with Crippen LogP contribution in [0, 0.1) is 18.3 Å². The van der Waals surface area contributed by atoms with Gasteiger partial charge in [-0.1, -0.05) is 38.8 Å². The van der Waals surface area contributed by atoms with Gasteiger partial charge < -0.3 is 11.1 Å². The monoisotopic (exact) mass is 274 g/mol. The Labute approximate surface area is 121 Å². The highest BCUT2D eigenvalue weighted by molar-refractivity contribution is 5.98. The van der Waals surface area contributed by atoms with Crippen LogP contribution in [0.4, 0.5) is 11.4 Å². The summed E-state index contributed by atoms with van der Waals surface area (Å²) in [5, 5.41) is 3.10. The van der Waals surface area contributed by atoms with Crippen LogP contribution in [0.25, 0.3) is 0 Å². The maximum absolute atomic E-state index is 12.8. The van der Waals surface area contributed by atoms with Gasteiger partial charge in [0, 0.05) is 5.41 Å². The fourth-order valence-corrected chi connectivity index (χ4v) is 3.46. The molecule has 0 atom stereocenters. The van der Waals surface area contributed by atoms with Crippen molar-refractivity contribution in [2.45, 2.75) is 52.9 Å². The standard InChI is InChI=1S/C17H26N2O/c1-12(2)11-17(9-4-5-10-17)16(20)19-15-13(3)7-6-8-14(15)18/h6-8,12H,4-5,9-11,18H2,1-3H3,(H,19,20). The normalized spacial score (nSPS) is 17.4. The summed E-state index contributed by atoms with van der Waals surface area (Å²) in [6.45, 7) is 6.36. The number of anilines is 2. The maximum Gasteiger partial charge on any atom is 0.230 e. The Morgan fingerprint density at radius 2 is 2.00 bits per heavy atom. The van der Waals surface area contributed by atoms with Gasteiger partial charge in [0.25, 0.3) is 0 Å². The molecule has 1 amide bonds. The highest BCUT2D eigenvalue weighted by Gasteiger charge is 2.41. The fourth-order valence-electron chi connectivity index (χ4n) is 3.46. The summed E-state index contributed by atoms with van der Waals surface area (Å²) in [6.07, 6.45) is 5.28. The Bertz CT molecular complexity index is 468. The average molecular weight is 274 g/mol. The second-order valence-electron chi connectivity index (χ2n) is 6.58. The number of nitrogens with two attached hydrogens (primary N) is 1. The molecule has 0 bridgehead atoms. The minimum absolute atomic E-state index is 0.157. The van der Waals surface area contributed by atoms with E-state index < -0.39 is 0 Å². The number of hydrogen-bond donors (Lipinski definition) is 2. The lowest BCUT2D eigenvalue weighted by molar-refractivity contribution is -0.126. The predicted octanol–water partition coefficient (Wildman–Crippen LogP) is 4.12. The van der Waals surface area contributed by atoms with Gasteiger partial charge in [-0.15, -0.1) is 0 Å². The second kappa shape index (κ2) is 5.86. The fraction of sp³-hybridized carbons (Fsp3) is 0.588. The lowest BCUT2D eigenvalue weighted by Crippen LogP contribution is -2.35. The van der Waals surface area contributed by atoms with E-state index in [2.05, 4.69) is 19.2 Å². The van der Waals surface area contributed by atoms with Gasteiger partial charge in [0.15, 0.2) is 0 Å². The first-order valence-electron chi connectivity index (χ1n) is 7.61. The molecule has 2 rings (SSSR count). The predicted molar refractivity (Wildman–Crippen MR) is 84.6 cm³/mol. The van der Waals surface area contributed by atoms with Gasteiger partial charge in [-0.2, -0.15) is 0 Å². The zero-order valence-corrected chi connectivity index (χ0v) is 12.8. The minimum Gasteiger partial charge on any atom is -0.397 e. The number of benzene rings is 1. The van der Waals surface area contributed by atoms with Crippen molar-refractivity contribution in [3.63, 3.8) is 0 Å². The lowest BCUT2D eigenvalue weighted by atomic mass is 9.77. The van der Waals surface area contributed by atoms with Crippen LogP contribution in [0.5, 0.6) is 0 Å². The minimum atomic E-state index is -0.192. The van der Waals surface area contributed by atoms with E-state index in [9.17, 15) is 4.79 Å². The van der Waals surface area contributed by atoms with Crippen molar-refractivity contribution < 1.29 is 4.79 Å². The van der Waals surface area contributed by atoms with Gasteiger partial charge in [0.2, 0.25) is 5.91 Å². The Morgan fingerprint density at radius 1 is 1.35 bits per heavy atom. The number of aryl methyl sites for hydroxylation is 1. The molecule has 0 heterocycles. The Kier molecular flexibility index (Phi) is 4.36. The smallest absolute Gasteiger partial charge is 0.230 e. The molecule has 0 radical (unpaired) electrons. The first-order chi connectivity index (χ1) is 9.44. The van der Waals surface area contributed by atoms with Crippen LogP contribution in [0.2, 0.25) is 0 Å². The van der Waals surface area contributed by atoms with Crippen LogP contribution >= 0.6 is 0 Å². The van der Waals surface area contributed by atoms with E-state index in [4.69, 9.17) is 5.73 Å². The van der Waals surface area contributed by atoms with Crippen molar-refractivity contribution in [3.8, 4) is 0 Å². The summed E-state index contributed by atoms with van der Waals surface area (Å²) in [6, 6.07) is 5.74. The van der Waals surface area contributed by atoms with Gasteiger partial charge in [0.1, 0.15) is 0 Å². The van der Waals surface area contributed by atoms with Gasteiger partial charge >= 0.3 is 0 Å². The molecule has 3 N–H and O–H groups in total. The summed E-state index contributed by atoms with van der Waals surface area (Å²) in [5.41, 5.74) is 8.26. The molecule has 20 heavy (non-hydrogen) atoms. The Morgan fingerprint density at radius 3 is 2.55 bits per heavy atom. The first kappa shape index (κ1) is 14.9. The summed E-state index contributed by atoms with van der Waals surface area (Å²) in [5.74, 6) is 0.692. The van der Waals surface area contributed by atoms with E-state index in [1.807, 2.05) is 25.1 Å². The van der Waals surface area contributed by atoms with E-state index in [-0.39, 0.29) is 11.3 Å². The molecule has 0 aromatic heterocycles. The van der Waals surface area contributed by atoms with E-state index >= 15 is 0 Å². The molecule has 0 saturated heterocycles. The number of amides is 1. The van der Waals surface area contributed by atoms with Crippen molar-refractivity contribution in [1.29, 1.82) is 0 Å². The van der Waals surface area contributed by atoms with Crippen molar-refractivity contribution >= 4 is 17.3 Å². The van der Waals surface area contributed by atoms with Crippen LogP contribution in [-0.2, 0) is 4.79 Å². The topological polar surface area (TPSA) is 55.1 Å². The van der Waals surface area contributed by atoms with E-state index in [1.54, 1.807) is 0 Å². The number of carbonyl (C=O) groups excluding carboxylic acids is 1. The van der Waals surface area contributed by atoms with Crippen LogP contribution in [0.3, 0.4) is 0 Å². The van der Waals surface area contributed by atoms with Gasteiger partial charge in [-0.05, 0) is 43.7 Å². The van der Waals surface area contributed by atoms with Crippen molar-refractivity contribution in [1.82, 2.24) is 0 Å². The third kappa shape index (κ3) is 2.97. The largest absolute Gasteiger partial charge is 0.397 e. The molecule has 1 aromatic rings. The third-order valence-corrected chi connectivity index (χ3v) is 4.38. The van der Waals surface area contributed by atoms with Gasteiger partial charge in [-0.25, -0.2) is 0 Å². The van der Waals surface area contributed by atoms with Gasteiger partial charge in [0.05, 0.1) is 11.4 Å². The molecule has 0 aliphatic heterocycles. The van der Waals surface area contributed by atoms with Crippen LogP contribution in [-0.4, -0.2) is 5.91 Å². The number of para-hydroxylation sites is 1. The molecule has 1 aromatic carbocycles. The number of hydrogen-bond acceptors (Lipinski definition) is 2. The summed E-state index contributed by atoms with van der Waals surface area (Å²) < 4.78 is 0. The molecule has 1 fully saturated rings. The number of rotatable bonds is 4. The molecule has 1 saturated carbocycles. The molecule has 0 spiro atoms. The van der Waals surface area contributed by atoms with Crippen molar-refractivity contribution in [3.05, 3.63) is 23.8 Å². The molecular weight excluding hydrogens is 248 g/mol. The molecule has 0 unspecified atom stereocenters.